The smallest absolute Gasteiger partial charge is 0.0642 e. The molecule has 1 aliphatic heterocycles. The van der Waals surface area contributed by atoms with Crippen LogP contribution in [0.5, 0.6) is 0 Å². The molecule has 1 saturated heterocycles. The zero-order valence-electron chi connectivity index (χ0n) is 10.4. The van der Waals surface area contributed by atoms with Crippen molar-refractivity contribution in [3.8, 4) is 0 Å². The van der Waals surface area contributed by atoms with Crippen LogP contribution in [0.25, 0.3) is 0 Å². The third-order valence-electron chi connectivity index (χ3n) is 3.08. The fourth-order valence-electron chi connectivity index (χ4n) is 2.05. The second-order valence-corrected chi connectivity index (χ2v) is 4.44. The Morgan fingerprint density at radius 3 is 3.06 bits per heavy atom. The number of ether oxygens (including phenoxy) is 1. The molecule has 94 valence electrons. The summed E-state index contributed by atoms with van der Waals surface area (Å²) in [6.45, 7) is 5.85. The van der Waals surface area contributed by atoms with Crippen LogP contribution in [0.3, 0.4) is 0 Å². The van der Waals surface area contributed by atoms with Crippen LogP contribution < -0.4 is 10.6 Å². The van der Waals surface area contributed by atoms with E-state index in [0.29, 0.717) is 6.10 Å². The van der Waals surface area contributed by atoms with Crippen molar-refractivity contribution in [3.05, 3.63) is 24.0 Å². The number of rotatable bonds is 5. The highest BCUT2D eigenvalue weighted by Gasteiger charge is 2.12. The van der Waals surface area contributed by atoms with Crippen LogP contribution in [0.1, 0.15) is 18.4 Å². The Balaban J connectivity index is 1.64. The number of anilines is 1. The van der Waals surface area contributed by atoms with E-state index in [1.165, 1.54) is 5.56 Å². The Kier molecular flexibility index (Phi) is 4.76. The number of pyridine rings is 1. The number of nitrogens with one attached hydrogen (secondary N) is 2. The topological polar surface area (TPSA) is 46.2 Å². The summed E-state index contributed by atoms with van der Waals surface area (Å²) < 4.78 is 5.83. The van der Waals surface area contributed by atoms with Gasteiger partial charge in [0.2, 0.25) is 0 Å². The second-order valence-electron chi connectivity index (χ2n) is 4.44. The van der Waals surface area contributed by atoms with Crippen molar-refractivity contribution in [2.75, 3.05) is 31.6 Å². The first-order valence-electron chi connectivity index (χ1n) is 6.33. The molecule has 4 heteroatoms. The third-order valence-corrected chi connectivity index (χ3v) is 3.08. The average Bonchev–Trinajstić information content (AvgIpc) is 2.38. The van der Waals surface area contributed by atoms with Crippen LogP contribution in [0, 0.1) is 6.92 Å². The molecule has 0 aromatic carbocycles. The lowest BCUT2D eigenvalue weighted by Crippen LogP contribution is -2.33. The summed E-state index contributed by atoms with van der Waals surface area (Å²) in [5.74, 6) is 0. The average molecular weight is 235 g/mol. The summed E-state index contributed by atoms with van der Waals surface area (Å²) in [5.41, 5.74) is 2.32. The minimum Gasteiger partial charge on any atom is -0.382 e. The molecular weight excluding hydrogens is 214 g/mol. The lowest BCUT2D eigenvalue weighted by Gasteiger charge is -2.23. The first-order valence-corrected chi connectivity index (χ1v) is 6.33. The number of aryl methyl sites for hydroxylation is 1. The van der Waals surface area contributed by atoms with Crippen LogP contribution in [0.2, 0.25) is 0 Å². The fraction of sp³-hybridized carbons (Fsp3) is 0.615. The molecule has 17 heavy (non-hydrogen) atoms. The second kappa shape index (κ2) is 6.57. The van der Waals surface area contributed by atoms with Gasteiger partial charge in [0.1, 0.15) is 0 Å². The fourth-order valence-corrected chi connectivity index (χ4v) is 2.05. The van der Waals surface area contributed by atoms with Crippen LogP contribution in [0.15, 0.2) is 18.5 Å². The lowest BCUT2D eigenvalue weighted by molar-refractivity contribution is 0.0394. The Hall–Kier alpha value is -1.13. The summed E-state index contributed by atoms with van der Waals surface area (Å²) >= 11 is 0. The normalized spacial score (nSPS) is 17.0. The van der Waals surface area contributed by atoms with Gasteiger partial charge in [-0.3, -0.25) is 4.98 Å². The first-order chi connectivity index (χ1) is 8.36. The predicted molar refractivity (Wildman–Crippen MR) is 69.3 cm³/mol. The molecule has 0 unspecified atom stereocenters. The number of hydrogen-bond acceptors (Lipinski definition) is 4. The molecule has 0 amide bonds. The lowest BCUT2D eigenvalue weighted by atomic mass is 10.1. The minimum absolute atomic E-state index is 0.441. The standard InChI is InChI=1S/C13H21N3O/c1-11-10-15-7-4-13(11)16-8-9-17-12-2-5-14-6-3-12/h4,7,10,12,14H,2-3,5-6,8-9H2,1H3,(H,15,16). The maximum absolute atomic E-state index is 5.83. The summed E-state index contributed by atoms with van der Waals surface area (Å²) in [6, 6.07) is 2.00. The SMILES string of the molecule is Cc1cnccc1NCCOC1CCNCC1. The molecule has 1 aromatic rings. The zero-order valence-corrected chi connectivity index (χ0v) is 10.4. The van der Waals surface area contributed by atoms with Crippen molar-refractivity contribution in [1.29, 1.82) is 0 Å². The van der Waals surface area contributed by atoms with Crippen molar-refractivity contribution in [2.45, 2.75) is 25.9 Å². The highest BCUT2D eigenvalue weighted by molar-refractivity contribution is 5.48. The minimum atomic E-state index is 0.441. The highest BCUT2D eigenvalue weighted by atomic mass is 16.5. The van der Waals surface area contributed by atoms with Gasteiger partial charge in [0.25, 0.3) is 0 Å². The van der Waals surface area contributed by atoms with Gasteiger partial charge in [-0.1, -0.05) is 0 Å². The first kappa shape index (κ1) is 12.3. The number of aromatic nitrogens is 1. The summed E-state index contributed by atoms with van der Waals surface area (Å²) in [6.07, 6.45) is 6.39. The molecule has 2 rings (SSSR count). The van der Waals surface area contributed by atoms with Gasteiger partial charge >= 0.3 is 0 Å². The monoisotopic (exact) mass is 235 g/mol. The number of piperidine rings is 1. The van der Waals surface area contributed by atoms with E-state index in [9.17, 15) is 0 Å². The van der Waals surface area contributed by atoms with Crippen molar-refractivity contribution >= 4 is 5.69 Å². The van der Waals surface area contributed by atoms with Crippen molar-refractivity contribution < 1.29 is 4.74 Å². The Morgan fingerprint density at radius 2 is 2.29 bits per heavy atom. The number of hydrogen-bond donors (Lipinski definition) is 2. The Labute approximate surface area is 103 Å². The van der Waals surface area contributed by atoms with E-state index in [1.54, 1.807) is 0 Å². The van der Waals surface area contributed by atoms with Crippen LogP contribution in [-0.4, -0.2) is 37.3 Å². The van der Waals surface area contributed by atoms with Gasteiger partial charge in [0.05, 0.1) is 12.7 Å². The number of nitrogens with zero attached hydrogens (tertiary/aromatic N) is 1. The van der Waals surface area contributed by atoms with Gasteiger partial charge < -0.3 is 15.4 Å². The molecule has 0 atom stereocenters. The molecule has 1 aromatic heterocycles. The van der Waals surface area contributed by atoms with E-state index in [4.69, 9.17) is 4.74 Å². The van der Waals surface area contributed by atoms with Gasteiger partial charge in [0.15, 0.2) is 0 Å². The summed E-state index contributed by atoms with van der Waals surface area (Å²) in [5, 5.41) is 6.71. The van der Waals surface area contributed by atoms with E-state index in [0.717, 1.165) is 44.8 Å². The van der Waals surface area contributed by atoms with Crippen molar-refractivity contribution in [3.63, 3.8) is 0 Å². The van der Waals surface area contributed by atoms with Crippen molar-refractivity contribution in [2.24, 2.45) is 0 Å². The van der Waals surface area contributed by atoms with Gasteiger partial charge in [-0.15, -0.1) is 0 Å². The van der Waals surface area contributed by atoms with E-state index < -0.39 is 0 Å². The highest BCUT2D eigenvalue weighted by Crippen LogP contribution is 2.11. The Bertz CT molecular complexity index is 337. The largest absolute Gasteiger partial charge is 0.382 e. The van der Waals surface area contributed by atoms with E-state index in [-0.39, 0.29) is 0 Å². The van der Waals surface area contributed by atoms with Gasteiger partial charge in [-0.2, -0.15) is 0 Å². The van der Waals surface area contributed by atoms with Crippen LogP contribution in [-0.2, 0) is 4.74 Å². The quantitative estimate of drug-likeness (QED) is 0.761. The summed E-state index contributed by atoms with van der Waals surface area (Å²) in [7, 11) is 0. The predicted octanol–water partition coefficient (Wildman–Crippen LogP) is 1.57. The molecular formula is C13H21N3O. The Morgan fingerprint density at radius 1 is 1.47 bits per heavy atom. The van der Waals surface area contributed by atoms with E-state index in [1.807, 2.05) is 18.5 Å². The molecule has 0 radical (unpaired) electrons. The van der Waals surface area contributed by atoms with Gasteiger partial charge in [0, 0.05) is 24.6 Å². The third kappa shape index (κ3) is 3.98. The molecule has 4 nitrogen and oxygen atoms in total. The van der Waals surface area contributed by atoms with Gasteiger partial charge in [-0.25, -0.2) is 0 Å². The van der Waals surface area contributed by atoms with E-state index >= 15 is 0 Å². The van der Waals surface area contributed by atoms with Gasteiger partial charge in [-0.05, 0) is 44.5 Å². The maximum Gasteiger partial charge on any atom is 0.0642 e. The van der Waals surface area contributed by atoms with Crippen molar-refractivity contribution in [1.82, 2.24) is 10.3 Å². The molecule has 1 fully saturated rings. The molecule has 0 bridgehead atoms. The summed E-state index contributed by atoms with van der Waals surface area (Å²) in [4.78, 5) is 4.07. The molecule has 0 aliphatic carbocycles. The van der Waals surface area contributed by atoms with Crippen LogP contribution in [0.4, 0.5) is 5.69 Å². The molecule has 0 saturated carbocycles. The molecule has 0 spiro atoms. The van der Waals surface area contributed by atoms with Crippen LogP contribution >= 0.6 is 0 Å². The zero-order chi connectivity index (χ0) is 11.9. The maximum atomic E-state index is 5.83. The molecule has 1 aliphatic rings. The van der Waals surface area contributed by atoms with E-state index in [2.05, 4.69) is 22.5 Å². The molecule has 2 heterocycles. The molecule has 2 N–H and O–H groups in total.